The predicted molar refractivity (Wildman–Crippen MR) is 191 cm³/mol. The van der Waals surface area contributed by atoms with E-state index < -0.39 is 23.7 Å². The van der Waals surface area contributed by atoms with Crippen molar-refractivity contribution in [1.29, 1.82) is 5.41 Å². The van der Waals surface area contributed by atoms with Gasteiger partial charge < -0.3 is 25.2 Å². The number of fused-ring (bicyclic) bond motifs is 2. The van der Waals surface area contributed by atoms with Crippen molar-refractivity contribution < 1.29 is 33.8 Å². The lowest BCUT2D eigenvalue weighted by molar-refractivity contribution is 0.0697. The van der Waals surface area contributed by atoms with E-state index in [1.54, 1.807) is 99.1 Å². The largest absolute Gasteiger partial charge is 0.497 e. The average Bonchev–Trinajstić information content (AvgIpc) is 3.12. The van der Waals surface area contributed by atoms with Gasteiger partial charge in [0.1, 0.15) is 17.3 Å². The summed E-state index contributed by atoms with van der Waals surface area (Å²) in [5.74, 6) is -1.72. The highest BCUT2D eigenvalue weighted by atomic mass is 16.5. The molecule has 1 aliphatic heterocycles. The maximum Gasteiger partial charge on any atom is 0.336 e. The lowest BCUT2D eigenvalue weighted by atomic mass is 9.81. The molecule has 11 nitrogen and oxygen atoms in total. The van der Waals surface area contributed by atoms with E-state index in [0.29, 0.717) is 77.1 Å². The Balaban J connectivity index is 1.45. The van der Waals surface area contributed by atoms with Gasteiger partial charge in [-0.25, -0.2) is 4.79 Å². The molecule has 1 heterocycles. The van der Waals surface area contributed by atoms with E-state index in [1.807, 2.05) is 0 Å². The number of ether oxygens (including phenoxy) is 2. The first kappa shape index (κ1) is 30.3. The molecule has 3 amide bonds. The maximum atomic E-state index is 14.1. The number of rotatable bonds is 7. The molecular formula is C39H26N4O7. The van der Waals surface area contributed by atoms with Crippen LogP contribution in [0.2, 0.25) is 0 Å². The van der Waals surface area contributed by atoms with Crippen LogP contribution in [-0.2, 0) is 0 Å². The van der Waals surface area contributed by atoms with Gasteiger partial charge in [0.15, 0.2) is 0 Å². The molecule has 0 fully saturated rings. The molecule has 0 saturated carbocycles. The zero-order chi connectivity index (χ0) is 34.8. The summed E-state index contributed by atoms with van der Waals surface area (Å²) >= 11 is 0. The average molecular weight is 663 g/mol. The van der Waals surface area contributed by atoms with Crippen LogP contribution in [-0.4, -0.2) is 48.9 Å². The second kappa shape index (κ2) is 11.3. The number of carbonyl (C=O) groups is 4. The molecule has 0 unspecified atom stereocenters. The number of hydrogen-bond acceptors (Lipinski definition) is 7. The molecule has 50 heavy (non-hydrogen) atoms. The van der Waals surface area contributed by atoms with Crippen molar-refractivity contribution >= 4 is 84.0 Å². The van der Waals surface area contributed by atoms with Gasteiger partial charge in [-0.3, -0.25) is 25.1 Å². The van der Waals surface area contributed by atoms with Crippen molar-refractivity contribution in [2.45, 2.75) is 0 Å². The third kappa shape index (κ3) is 4.55. The number of hydrogen-bond donors (Lipinski definition) is 5. The number of carboxylic acid groups (broad SMARTS) is 1. The zero-order valence-electron chi connectivity index (χ0n) is 26.6. The molecule has 5 N–H and O–H groups in total. The summed E-state index contributed by atoms with van der Waals surface area (Å²) in [5.41, 5.74) is 1.93. The fourth-order valence-electron chi connectivity index (χ4n) is 6.93. The van der Waals surface area contributed by atoms with E-state index in [2.05, 4.69) is 16.0 Å². The Labute approximate surface area is 283 Å². The molecule has 1 aliphatic rings. The molecule has 244 valence electrons. The molecule has 0 spiro atoms. The number of nitrogens with one attached hydrogen (secondary N) is 4. The Bertz CT molecular complexity index is 2610. The SMILES string of the molecule is COc1ccc(NC(=N)c2cc(C(=O)O)c3c4ccc5c6c(ccc(c7ccc(C(=O)Nc8ccc(OC)cc8)c2c73)c64)C(=O)NC5=O)cc1. The van der Waals surface area contributed by atoms with Crippen LogP contribution in [0.5, 0.6) is 11.5 Å². The number of anilines is 2. The molecule has 8 rings (SSSR count). The van der Waals surface area contributed by atoms with E-state index in [4.69, 9.17) is 9.47 Å². The summed E-state index contributed by atoms with van der Waals surface area (Å²) in [6, 6.07) is 25.2. The summed E-state index contributed by atoms with van der Waals surface area (Å²) in [5, 5.41) is 32.1. The number of amidine groups is 1. The molecule has 0 radical (unpaired) electrons. The molecular weight excluding hydrogens is 636 g/mol. The Kier molecular flexibility index (Phi) is 6.86. The van der Waals surface area contributed by atoms with Crippen LogP contribution in [0.25, 0.3) is 43.1 Å². The predicted octanol–water partition coefficient (Wildman–Crippen LogP) is 7.03. The summed E-state index contributed by atoms with van der Waals surface area (Å²) in [6.45, 7) is 0. The Morgan fingerprint density at radius 1 is 0.600 bits per heavy atom. The van der Waals surface area contributed by atoms with Crippen LogP contribution in [0.4, 0.5) is 11.4 Å². The summed E-state index contributed by atoms with van der Waals surface area (Å²) in [7, 11) is 3.09. The molecule has 11 heteroatoms. The highest BCUT2D eigenvalue weighted by Gasteiger charge is 2.30. The van der Waals surface area contributed by atoms with Gasteiger partial charge in [-0.05, 0) is 99.7 Å². The van der Waals surface area contributed by atoms with Crippen LogP contribution in [0.15, 0.2) is 91.0 Å². The Morgan fingerprint density at radius 3 is 1.72 bits per heavy atom. The minimum atomic E-state index is -1.25. The van der Waals surface area contributed by atoms with Crippen LogP contribution >= 0.6 is 0 Å². The van der Waals surface area contributed by atoms with Crippen LogP contribution in [0, 0.1) is 5.41 Å². The van der Waals surface area contributed by atoms with Gasteiger partial charge in [0.05, 0.1) is 19.8 Å². The fraction of sp³-hybridized carbons (Fsp3) is 0.0513. The van der Waals surface area contributed by atoms with E-state index in [1.165, 1.54) is 6.07 Å². The summed E-state index contributed by atoms with van der Waals surface area (Å²) in [4.78, 5) is 53.1. The Hall–Kier alpha value is -7.01. The molecule has 0 saturated heterocycles. The fourth-order valence-corrected chi connectivity index (χ4v) is 6.93. The smallest absolute Gasteiger partial charge is 0.336 e. The maximum absolute atomic E-state index is 14.1. The standard InChI is InChI=1S/C39H26N4O7/c1-49-20-7-3-18(4-8-20)41-35(40)28-17-29(39(47)48)31-24-13-16-26-32-25(37(45)43-38(26)46)14-11-22(30(24)32)23-12-15-27(33(28)34(23)31)36(44)42-19-5-9-21(50-2)10-6-19/h3-17H,1-2H3,(H2,40,41)(H,42,44)(H,47,48)(H,43,45,46). The van der Waals surface area contributed by atoms with Gasteiger partial charge in [-0.15, -0.1) is 0 Å². The number of carboxylic acids is 1. The molecule has 0 bridgehead atoms. The highest BCUT2D eigenvalue weighted by molar-refractivity contribution is 6.42. The number of aromatic carboxylic acids is 1. The molecule has 0 aromatic heterocycles. The lowest BCUT2D eigenvalue weighted by Crippen LogP contribution is -2.34. The van der Waals surface area contributed by atoms with Crippen LogP contribution in [0.3, 0.4) is 0 Å². The topological polar surface area (TPSA) is 167 Å². The minimum absolute atomic E-state index is 0.110. The third-order valence-corrected chi connectivity index (χ3v) is 9.17. The van der Waals surface area contributed by atoms with Gasteiger partial charge in [-0.1, -0.05) is 18.2 Å². The van der Waals surface area contributed by atoms with E-state index in [9.17, 15) is 29.7 Å². The molecule has 0 atom stereocenters. The minimum Gasteiger partial charge on any atom is -0.497 e. The number of amides is 3. The quantitative estimate of drug-likeness (QED) is 0.0399. The van der Waals surface area contributed by atoms with Crippen molar-refractivity contribution in [3.05, 3.63) is 119 Å². The highest BCUT2D eigenvalue weighted by Crippen LogP contribution is 2.46. The van der Waals surface area contributed by atoms with Crippen molar-refractivity contribution in [3.63, 3.8) is 0 Å². The molecule has 7 aromatic carbocycles. The van der Waals surface area contributed by atoms with E-state index in [-0.39, 0.29) is 22.5 Å². The number of methoxy groups -OCH3 is 2. The van der Waals surface area contributed by atoms with Gasteiger partial charge >= 0.3 is 5.97 Å². The van der Waals surface area contributed by atoms with Gasteiger partial charge in [0.25, 0.3) is 17.7 Å². The first-order valence-corrected chi connectivity index (χ1v) is 15.5. The van der Waals surface area contributed by atoms with E-state index >= 15 is 0 Å². The molecule has 7 aromatic rings. The second-order valence-electron chi connectivity index (χ2n) is 11.8. The third-order valence-electron chi connectivity index (χ3n) is 9.17. The lowest BCUT2D eigenvalue weighted by Gasteiger charge is -2.23. The van der Waals surface area contributed by atoms with Gasteiger partial charge in [-0.2, -0.15) is 0 Å². The first-order valence-electron chi connectivity index (χ1n) is 15.5. The second-order valence-corrected chi connectivity index (χ2v) is 11.8. The summed E-state index contributed by atoms with van der Waals surface area (Å²) < 4.78 is 10.5. The van der Waals surface area contributed by atoms with Crippen LogP contribution < -0.4 is 25.4 Å². The van der Waals surface area contributed by atoms with Gasteiger partial charge in [0.2, 0.25) is 0 Å². The van der Waals surface area contributed by atoms with Crippen molar-refractivity contribution in [2.75, 3.05) is 24.9 Å². The molecule has 0 aliphatic carbocycles. The monoisotopic (exact) mass is 662 g/mol. The summed E-state index contributed by atoms with van der Waals surface area (Å²) in [6.07, 6.45) is 0. The Morgan fingerprint density at radius 2 is 1.14 bits per heavy atom. The van der Waals surface area contributed by atoms with Crippen LogP contribution in [0.1, 0.15) is 47.0 Å². The van der Waals surface area contributed by atoms with Gasteiger partial charge in [0, 0.05) is 49.8 Å². The zero-order valence-corrected chi connectivity index (χ0v) is 26.6. The number of benzene rings is 7. The van der Waals surface area contributed by atoms with Crippen molar-refractivity contribution in [2.24, 2.45) is 0 Å². The van der Waals surface area contributed by atoms with E-state index in [0.717, 1.165) is 0 Å². The normalized spacial score (nSPS) is 12.4. The van der Waals surface area contributed by atoms with Crippen molar-refractivity contribution in [1.82, 2.24) is 5.32 Å². The van der Waals surface area contributed by atoms with Crippen molar-refractivity contribution in [3.8, 4) is 11.5 Å². The number of imide groups is 1. The first-order chi connectivity index (χ1) is 24.2. The number of carbonyl (C=O) groups excluding carboxylic acids is 3.